The third-order valence-electron chi connectivity index (χ3n) is 6.17. The molecule has 2 heterocycles. The fraction of sp³-hybridized carbons (Fsp3) is 0.348. The number of carbonyl (C=O) groups is 1. The topological polar surface area (TPSA) is 45.5 Å². The van der Waals surface area contributed by atoms with Gasteiger partial charge in [-0.05, 0) is 64.1 Å². The first kappa shape index (κ1) is 20.4. The van der Waals surface area contributed by atoms with E-state index in [4.69, 9.17) is 0 Å². The van der Waals surface area contributed by atoms with Gasteiger partial charge in [0.15, 0.2) is 5.78 Å². The fourth-order valence-electron chi connectivity index (χ4n) is 4.34. The zero-order valence-electron chi connectivity index (χ0n) is 16.6. The number of nitrogens with zero attached hydrogens (tertiary/aromatic N) is 2. The average Bonchev–Trinajstić information content (AvgIpc) is 3.13. The number of ketones is 1. The largest absolute Gasteiger partial charge is 0.508 e. The SMILES string of the molecule is Cc1c(C(=O)c2ccc(O)cc2)c2ccccc2n1CC1CCC(C)N1C.Cl. The van der Waals surface area contributed by atoms with Gasteiger partial charge in [-0.25, -0.2) is 0 Å². The highest BCUT2D eigenvalue weighted by Crippen LogP contribution is 2.31. The summed E-state index contributed by atoms with van der Waals surface area (Å²) < 4.78 is 2.31. The molecule has 28 heavy (non-hydrogen) atoms. The van der Waals surface area contributed by atoms with Crippen LogP contribution >= 0.6 is 12.4 Å². The first-order chi connectivity index (χ1) is 13.0. The molecule has 1 aliphatic heterocycles. The third-order valence-corrected chi connectivity index (χ3v) is 6.17. The molecule has 1 aliphatic rings. The normalized spacial score (nSPS) is 19.7. The number of likely N-dealkylation sites (N-methyl/N-ethyl adjacent to an activating group) is 1. The van der Waals surface area contributed by atoms with Gasteiger partial charge in [0.1, 0.15) is 5.75 Å². The maximum Gasteiger partial charge on any atom is 0.195 e. The van der Waals surface area contributed by atoms with Crippen LogP contribution < -0.4 is 0 Å². The molecule has 0 spiro atoms. The summed E-state index contributed by atoms with van der Waals surface area (Å²) in [4.78, 5) is 15.7. The van der Waals surface area contributed by atoms with E-state index >= 15 is 0 Å². The van der Waals surface area contributed by atoms with Crippen molar-refractivity contribution in [2.75, 3.05) is 7.05 Å². The van der Waals surface area contributed by atoms with Gasteiger partial charge in [-0.2, -0.15) is 0 Å². The lowest BCUT2D eigenvalue weighted by Crippen LogP contribution is -2.33. The van der Waals surface area contributed by atoms with Gasteiger partial charge in [0.05, 0.1) is 5.56 Å². The smallest absolute Gasteiger partial charge is 0.195 e. The zero-order valence-corrected chi connectivity index (χ0v) is 17.4. The van der Waals surface area contributed by atoms with Crippen LogP contribution in [0.5, 0.6) is 5.75 Å². The van der Waals surface area contributed by atoms with Crippen molar-refractivity contribution in [3.05, 3.63) is 65.4 Å². The van der Waals surface area contributed by atoms with Gasteiger partial charge >= 0.3 is 0 Å². The van der Waals surface area contributed by atoms with Gasteiger partial charge in [0, 0.05) is 40.8 Å². The highest BCUT2D eigenvalue weighted by atomic mass is 35.5. The second kappa shape index (κ2) is 7.98. The van der Waals surface area contributed by atoms with E-state index in [2.05, 4.69) is 29.5 Å². The van der Waals surface area contributed by atoms with Crippen molar-refractivity contribution in [3.63, 3.8) is 0 Å². The van der Waals surface area contributed by atoms with Gasteiger partial charge < -0.3 is 9.67 Å². The maximum absolute atomic E-state index is 13.3. The van der Waals surface area contributed by atoms with Crippen LogP contribution in [-0.2, 0) is 6.54 Å². The maximum atomic E-state index is 13.3. The molecule has 0 amide bonds. The minimum absolute atomic E-state index is 0. The van der Waals surface area contributed by atoms with Gasteiger partial charge in [0.25, 0.3) is 0 Å². The van der Waals surface area contributed by atoms with E-state index in [0.717, 1.165) is 28.7 Å². The molecule has 1 fully saturated rings. The average molecular weight is 399 g/mol. The summed E-state index contributed by atoms with van der Waals surface area (Å²) in [5.74, 6) is 0.180. The van der Waals surface area contributed by atoms with Gasteiger partial charge in [-0.15, -0.1) is 12.4 Å². The van der Waals surface area contributed by atoms with E-state index in [1.807, 2.05) is 25.1 Å². The summed E-state index contributed by atoms with van der Waals surface area (Å²) in [5.41, 5.74) is 3.50. The molecule has 0 bridgehead atoms. The van der Waals surface area contributed by atoms with Gasteiger partial charge in [-0.3, -0.25) is 9.69 Å². The molecule has 1 saturated heterocycles. The van der Waals surface area contributed by atoms with E-state index in [-0.39, 0.29) is 23.9 Å². The van der Waals surface area contributed by atoms with Crippen LogP contribution in [-0.4, -0.2) is 39.5 Å². The lowest BCUT2D eigenvalue weighted by Gasteiger charge is -2.24. The molecule has 1 aromatic heterocycles. The number of para-hydroxylation sites is 1. The Kier molecular flexibility index (Phi) is 5.82. The number of rotatable bonds is 4. The molecular formula is C23H27ClN2O2. The molecule has 2 atom stereocenters. The Bertz CT molecular complexity index is 994. The third kappa shape index (κ3) is 3.43. The number of carbonyl (C=O) groups excluding carboxylic acids is 1. The van der Waals surface area contributed by atoms with E-state index < -0.39 is 0 Å². The van der Waals surface area contributed by atoms with Crippen LogP contribution in [0.25, 0.3) is 10.9 Å². The number of phenols is 1. The molecule has 3 aromatic rings. The van der Waals surface area contributed by atoms with Crippen molar-refractivity contribution in [2.24, 2.45) is 0 Å². The highest BCUT2D eigenvalue weighted by molar-refractivity contribution is 6.17. The van der Waals surface area contributed by atoms with E-state index in [1.165, 1.54) is 12.8 Å². The summed E-state index contributed by atoms with van der Waals surface area (Å²) in [6, 6.07) is 15.8. The molecule has 5 heteroatoms. The van der Waals surface area contributed by atoms with Crippen LogP contribution in [0.15, 0.2) is 48.5 Å². The van der Waals surface area contributed by atoms with Crippen LogP contribution in [0.2, 0.25) is 0 Å². The minimum Gasteiger partial charge on any atom is -0.508 e. The van der Waals surface area contributed by atoms with Crippen molar-refractivity contribution in [2.45, 2.75) is 45.3 Å². The van der Waals surface area contributed by atoms with Gasteiger partial charge in [0.2, 0.25) is 0 Å². The number of hydrogen-bond donors (Lipinski definition) is 1. The second-order valence-electron chi connectivity index (χ2n) is 7.71. The van der Waals surface area contributed by atoms with Crippen LogP contribution in [0.4, 0.5) is 0 Å². The Labute approximate surface area is 172 Å². The number of likely N-dealkylation sites (tertiary alicyclic amines) is 1. The predicted molar refractivity (Wildman–Crippen MR) is 116 cm³/mol. The summed E-state index contributed by atoms with van der Waals surface area (Å²) in [6.07, 6.45) is 2.41. The lowest BCUT2D eigenvalue weighted by atomic mass is 10.0. The zero-order chi connectivity index (χ0) is 19.1. The predicted octanol–water partition coefficient (Wildman–Crippen LogP) is 4.79. The molecule has 0 saturated carbocycles. The van der Waals surface area contributed by atoms with Crippen LogP contribution in [0.1, 0.15) is 41.4 Å². The molecule has 0 aliphatic carbocycles. The van der Waals surface area contributed by atoms with Crippen molar-refractivity contribution < 1.29 is 9.90 Å². The van der Waals surface area contributed by atoms with E-state index in [1.54, 1.807) is 24.3 Å². The lowest BCUT2D eigenvalue weighted by molar-refractivity contribution is 0.103. The first-order valence-electron chi connectivity index (χ1n) is 9.61. The molecule has 1 N–H and O–H groups in total. The molecule has 0 radical (unpaired) electrons. The number of aromatic hydroxyl groups is 1. The standard InChI is InChI=1S/C23H26N2O2.ClH/c1-15-8-11-18(24(15)3)14-25-16(2)22(20-6-4-5-7-21(20)25)23(27)17-9-12-19(26)13-10-17;/h4-7,9-10,12-13,15,18,26H,8,11,14H2,1-3H3;1H. The summed E-state index contributed by atoms with van der Waals surface area (Å²) >= 11 is 0. The Morgan fingerprint density at radius 2 is 1.79 bits per heavy atom. The summed E-state index contributed by atoms with van der Waals surface area (Å²) in [6.45, 7) is 5.22. The van der Waals surface area contributed by atoms with Crippen LogP contribution in [0.3, 0.4) is 0 Å². The Morgan fingerprint density at radius 1 is 1.11 bits per heavy atom. The van der Waals surface area contributed by atoms with Crippen molar-refractivity contribution >= 4 is 29.1 Å². The Balaban J connectivity index is 0.00000225. The number of halogens is 1. The van der Waals surface area contributed by atoms with E-state index in [0.29, 0.717) is 17.6 Å². The minimum atomic E-state index is 0. The first-order valence-corrected chi connectivity index (χ1v) is 9.61. The molecular weight excluding hydrogens is 372 g/mol. The Morgan fingerprint density at radius 3 is 2.43 bits per heavy atom. The van der Waals surface area contributed by atoms with Crippen LogP contribution in [0, 0.1) is 6.92 Å². The van der Waals surface area contributed by atoms with Crippen molar-refractivity contribution in [1.29, 1.82) is 0 Å². The number of hydrogen-bond acceptors (Lipinski definition) is 3. The number of phenolic OH excluding ortho intramolecular Hbond substituents is 1. The molecule has 148 valence electrons. The molecule has 2 aromatic carbocycles. The van der Waals surface area contributed by atoms with Gasteiger partial charge in [-0.1, -0.05) is 18.2 Å². The summed E-state index contributed by atoms with van der Waals surface area (Å²) in [5, 5.41) is 10.5. The van der Waals surface area contributed by atoms with Crippen molar-refractivity contribution in [1.82, 2.24) is 9.47 Å². The fourth-order valence-corrected chi connectivity index (χ4v) is 4.34. The highest BCUT2D eigenvalue weighted by Gasteiger charge is 2.29. The number of aromatic nitrogens is 1. The van der Waals surface area contributed by atoms with Crippen molar-refractivity contribution in [3.8, 4) is 5.75 Å². The molecule has 2 unspecified atom stereocenters. The quantitative estimate of drug-likeness (QED) is 0.642. The Hall–Kier alpha value is -2.30. The number of benzene rings is 2. The second-order valence-corrected chi connectivity index (χ2v) is 7.71. The molecule has 4 nitrogen and oxygen atoms in total. The summed E-state index contributed by atoms with van der Waals surface area (Å²) in [7, 11) is 2.20. The molecule has 4 rings (SSSR count). The number of fused-ring (bicyclic) bond motifs is 1. The van der Waals surface area contributed by atoms with E-state index in [9.17, 15) is 9.90 Å². The monoisotopic (exact) mass is 398 g/mol.